The summed E-state index contributed by atoms with van der Waals surface area (Å²) in [6.45, 7) is 11.7. The number of benzene rings is 1. The summed E-state index contributed by atoms with van der Waals surface area (Å²) in [7, 11) is 0. The fraction of sp³-hybridized carbons (Fsp3) is 0.625. The first-order valence-electron chi connectivity index (χ1n) is 6.59. The fourth-order valence-electron chi connectivity index (χ4n) is 3.09. The van der Waals surface area contributed by atoms with Crippen molar-refractivity contribution in [3.05, 3.63) is 34.4 Å². The molecule has 1 unspecified atom stereocenters. The molecule has 88 valence electrons. The van der Waals surface area contributed by atoms with E-state index in [4.69, 9.17) is 0 Å². The van der Waals surface area contributed by atoms with Crippen LogP contribution in [0, 0.1) is 6.92 Å². The van der Waals surface area contributed by atoms with Crippen molar-refractivity contribution >= 4 is 0 Å². The molecule has 0 spiro atoms. The first kappa shape index (κ1) is 11.7. The van der Waals surface area contributed by atoms with Crippen LogP contribution in [0.4, 0.5) is 0 Å². The van der Waals surface area contributed by atoms with Gasteiger partial charge in [-0.2, -0.15) is 0 Å². The van der Waals surface area contributed by atoms with Crippen LogP contribution >= 0.6 is 0 Å². The standard InChI is InChI=1S/C16H24/c1-6-12(3)14-10-11(2)9-13-7-8-16(4,5)15(13)14/h9-10,12H,6-8H2,1-5H3. The lowest BCUT2D eigenvalue weighted by Crippen LogP contribution is -2.16. The zero-order valence-electron chi connectivity index (χ0n) is 11.4. The Morgan fingerprint density at radius 3 is 2.62 bits per heavy atom. The molecule has 0 fully saturated rings. The van der Waals surface area contributed by atoms with Crippen LogP contribution in [0.15, 0.2) is 12.1 Å². The van der Waals surface area contributed by atoms with Gasteiger partial charge in [0.1, 0.15) is 0 Å². The Bertz CT molecular complexity index is 399. The second-order valence-electron chi connectivity index (χ2n) is 6.08. The van der Waals surface area contributed by atoms with E-state index in [9.17, 15) is 0 Å². The minimum Gasteiger partial charge on any atom is -0.0648 e. The summed E-state index contributed by atoms with van der Waals surface area (Å²) in [6.07, 6.45) is 3.83. The lowest BCUT2D eigenvalue weighted by atomic mass is 9.79. The second kappa shape index (κ2) is 3.91. The van der Waals surface area contributed by atoms with Gasteiger partial charge in [0.2, 0.25) is 0 Å². The van der Waals surface area contributed by atoms with Crippen molar-refractivity contribution in [1.82, 2.24) is 0 Å². The van der Waals surface area contributed by atoms with Gasteiger partial charge in [-0.3, -0.25) is 0 Å². The molecule has 0 heterocycles. The van der Waals surface area contributed by atoms with E-state index in [2.05, 4.69) is 46.8 Å². The molecule has 1 atom stereocenters. The van der Waals surface area contributed by atoms with Crippen LogP contribution in [-0.2, 0) is 11.8 Å². The van der Waals surface area contributed by atoms with Crippen molar-refractivity contribution in [2.45, 2.75) is 65.2 Å². The summed E-state index contributed by atoms with van der Waals surface area (Å²) in [5.41, 5.74) is 6.71. The molecule has 1 aromatic rings. The van der Waals surface area contributed by atoms with E-state index in [1.165, 1.54) is 24.8 Å². The molecule has 1 aliphatic rings. The van der Waals surface area contributed by atoms with Crippen LogP contribution in [0.3, 0.4) is 0 Å². The van der Waals surface area contributed by atoms with Gasteiger partial charge >= 0.3 is 0 Å². The molecule has 1 aromatic carbocycles. The largest absolute Gasteiger partial charge is 0.0648 e. The van der Waals surface area contributed by atoms with Gasteiger partial charge in [-0.05, 0) is 54.2 Å². The molecule has 0 aliphatic heterocycles. The molecular weight excluding hydrogens is 192 g/mol. The smallest absolute Gasteiger partial charge is 0.00948 e. The highest BCUT2D eigenvalue weighted by molar-refractivity contribution is 5.48. The predicted octanol–water partition coefficient (Wildman–Crippen LogP) is 4.73. The van der Waals surface area contributed by atoms with E-state index in [0.29, 0.717) is 11.3 Å². The Morgan fingerprint density at radius 1 is 1.31 bits per heavy atom. The molecular formula is C16H24. The fourth-order valence-corrected chi connectivity index (χ4v) is 3.09. The van der Waals surface area contributed by atoms with Gasteiger partial charge in [-0.15, -0.1) is 0 Å². The Labute approximate surface area is 100 Å². The first-order chi connectivity index (χ1) is 7.45. The zero-order chi connectivity index (χ0) is 11.9. The molecule has 0 N–H and O–H groups in total. The van der Waals surface area contributed by atoms with Crippen LogP contribution in [0.25, 0.3) is 0 Å². The van der Waals surface area contributed by atoms with Crippen molar-refractivity contribution in [2.75, 3.05) is 0 Å². The Hall–Kier alpha value is -0.780. The van der Waals surface area contributed by atoms with E-state index >= 15 is 0 Å². The normalized spacial score (nSPS) is 19.6. The summed E-state index contributed by atoms with van der Waals surface area (Å²) in [5, 5.41) is 0. The van der Waals surface area contributed by atoms with Crippen molar-refractivity contribution in [2.24, 2.45) is 0 Å². The summed E-state index contributed by atoms with van der Waals surface area (Å²) in [4.78, 5) is 0. The molecule has 0 nitrogen and oxygen atoms in total. The third-order valence-electron chi connectivity index (χ3n) is 4.23. The molecule has 0 saturated carbocycles. The molecule has 16 heavy (non-hydrogen) atoms. The minimum absolute atomic E-state index is 0.391. The van der Waals surface area contributed by atoms with Crippen molar-refractivity contribution in [3.8, 4) is 0 Å². The van der Waals surface area contributed by atoms with E-state index in [0.717, 1.165) is 0 Å². The van der Waals surface area contributed by atoms with Gasteiger partial charge in [0.15, 0.2) is 0 Å². The van der Waals surface area contributed by atoms with Crippen molar-refractivity contribution < 1.29 is 0 Å². The van der Waals surface area contributed by atoms with Gasteiger partial charge < -0.3 is 0 Å². The third-order valence-corrected chi connectivity index (χ3v) is 4.23. The summed E-state index contributed by atoms with van der Waals surface area (Å²) < 4.78 is 0. The summed E-state index contributed by atoms with van der Waals surface area (Å²) in [5.74, 6) is 0.700. The topological polar surface area (TPSA) is 0 Å². The summed E-state index contributed by atoms with van der Waals surface area (Å²) >= 11 is 0. The maximum atomic E-state index is 2.42. The average Bonchev–Trinajstić information content (AvgIpc) is 2.52. The number of hydrogen-bond donors (Lipinski definition) is 0. The van der Waals surface area contributed by atoms with Crippen molar-refractivity contribution in [3.63, 3.8) is 0 Å². The van der Waals surface area contributed by atoms with Gasteiger partial charge in [-0.25, -0.2) is 0 Å². The molecule has 0 heteroatoms. The predicted molar refractivity (Wildman–Crippen MR) is 71.2 cm³/mol. The van der Waals surface area contributed by atoms with Crippen LogP contribution < -0.4 is 0 Å². The number of fused-ring (bicyclic) bond motifs is 1. The minimum atomic E-state index is 0.391. The van der Waals surface area contributed by atoms with E-state index in [1.54, 1.807) is 16.7 Å². The van der Waals surface area contributed by atoms with E-state index in [-0.39, 0.29) is 0 Å². The highest BCUT2D eigenvalue weighted by atomic mass is 14.4. The van der Waals surface area contributed by atoms with E-state index < -0.39 is 0 Å². The van der Waals surface area contributed by atoms with Gasteiger partial charge in [0.05, 0.1) is 0 Å². The SMILES string of the molecule is CCC(C)c1cc(C)cc2c1C(C)(C)CC2. The highest BCUT2D eigenvalue weighted by Gasteiger charge is 2.33. The molecule has 0 amide bonds. The molecule has 0 bridgehead atoms. The van der Waals surface area contributed by atoms with Gasteiger partial charge in [-0.1, -0.05) is 45.4 Å². The quantitative estimate of drug-likeness (QED) is 0.670. The molecule has 0 radical (unpaired) electrons. The zero-order valence-corrected chi connectivity index (χ0v) is 11.4. The lowest BCUT2D eigenvalue weighted by molar-refractivity contribution is 0.513. The highest BCUT2D eigenvalue weighted by Crippen LogP contribution is 2.43. The molecule has 0 saturated heterocycles. The van der Waals surface area contributed by atoms with Crippen LogP contribution in [-0.4, -0.2) is 0 Å². The second-order valence-corrected chi connectivity index (χ2v) is 6.08. The Morgan fingerprint density at radius 2 is 2.00 bits per heavy atom. The van der Waals surface area contributed by atoms with Gasteiger partial charge in [0.25, 0.3) is 0 Å². The van der Waals surface area contributed by atoms with Crippen LogP contribution in [0.5, 0.6) is 0 Å². The summed E-state index contributed by atoms with van der Waals surface area (Å²) in [6, 6.07) is 4.82. The number of hydrogen-bond acceptors (Lipinski definition) is 0. The maximum absolute atomic E-state index is 2.42. The van der Waals surface area contributed by atoms with E-state index in [1.807, 2.05) is 0 Å². The van der Waals surface area contributed by atoms with Crippen LogP contribution in [0.2, 0.25) is 0 Å². The monoisotopic (exact) mass is 216 g/mol. The lowest BCUT2D eigenvalue weighted by Gasteiger charge is -2.25. The van der Waals surface area contributed by atoms with Crippen LogP contribution in [0.1, 0.15) is 68.7 Å². The Kier molecular flexibility index (Phi) is 2.86. The van der Waals surface area contributed by atoms with Gasteiger partial charge in [0, 0.05) is 0 Å². The maximum Gasteiger partial charge on any atom is -0.00948 e. The number of aryl methyl sites for hydroxylation is 2. The number of rotatable bonds is 2. The Balaban J connectivity index is 2.61. The first-order valence-corrected chi connectivity index (χ1v) is 6.59. The van der Waals surface area contributed by atoms with Crippen molar-refractivity contribution in [1.29, 1.82) is 0 Å². The third kappa shape index (κ3) is 1.79. The molecule has 2 rings (SSSR count). The molecule has 0 aromatic heterocycles. The molecule has 1 aliphatic carbocycles. The average molecular weight is 216 g/mol.